The molecule has 0 atom stereocenters. The molecule has 2 heterocycles. The van der Waals surface area contributed by atoms with Crippen molar-refractivity contribution in [2.75, 3.05) is 42.9 Å². The van der Waals surface area contributed by atoms with Crippen molar-refractivity contribution in [1.82, 2.24) is 14.3 Å². The summed E-state index contributed by atoms with van der Waals surface area (Å²) in [5.41, 5.74) is 3.23. The van der Waals surface area contributed by atoms with Gasteiger partial charge in [-0.25, -0.2) is 4.98 Å². The maximum atomic E-state index is 12.4. The van der Waals surface area contributed by atoms with Crippen molar-refractivity contribution >= 4 is 28.3 Å². The summed E-state index contributed by atoms with van der Waals surface area (Å²) in [7, 11) is 0. The van der Waals surface area contributed by atoms with Crippen molar-refractivity contribution in [3.8, 4) is 0 Å². The smallest absolute Gasteiger partial charge is 0.238 e. The summed E-state index contributed by atoms with van der Waals surface area (Å²) in [4.78, 5) is 21.4. The van der Waals surface area contributed by atoms with Crippen LogP contribution in [0.5, 0.6) is 0 Å². The fourth-order valence-corrected chi connectivity index (χ4v) is 3.69. The van der Waals surface area contributed by atoms with Crippen molar-refractivity contribution in [3.63, 3.8) is 0 Å². The monoisotopic (exact) mass is 359 g/mol. The van der Waals surface area contributed by atoms with Crippen LogP contribution in [-0.4, -0.2) is 52.9 Å². The van der Waals surface area contributed by atoms with Crippen LogP contribution >= 0.6 is 11.5 Å². The SMILES string of the molecule is CCc1nsc(N2CCN(CC(=O)Nc3cccc(C)c3C)CC2)n1. The van der Waals surface area contributed by atoms with Crippen LogP contribution in [0.2, 0.25) is 0 Å². The van der Waals surface area contributed by atoms with Gasteiger partial charge in [0.05, 0.1) is 6.54 Å². The van der Waals surface area contributed by atoms with Crippen molar-refractivity contribution in [1.29, 1.82) is 0 Å². The Morgan fingerprint density at radius 3 is 2.68 bits per heavy atom. The summed E-state index contributed by atoms with van der Waals surface area (Å²) >= 11 is 1.47. The molecule has 1 N–H and O–H groups in total. The number of hydrogen-bond donors (Lipinski definition) is 1. The molecule has 134 valence electrons. The molecule has 1 aliphatic rings. The molecule has 25 heavy (non-hydrogen) atoms. The second-order valence-electron chi connectivity index (χ2n) is 6.41. The summed E-state index contributed by atoms with van der Waals surface area (Å²) in [6.45, 7) is 10.1. The number of amides is 1. The van der Waals surface area contributed by atoms with Gasteiger partial charge in [0, 0.05) is 49.8 Å². The topological polar surface area (TPSA) is 61.4 Å². The minimum absolute atomic E-state index is 0.0475. The van der Waals surface area contributed by atoms with E-state index in [0.717, 1.165) is 54.8 Å². The molecule has 2 aromatic rings. The quantitative estimate of drug-likeness (QED) is 0.889. The largest absolute Gasteiger partial charge is 0.344 e. The summed E-state index contributed by atoms with van der Waals surface area (Å²) < 4.78 is 4.35. The fraction of sp³-hybridized carbons (Fsp3) is 0.500. The Labute approximate surface area is 153 Å². The Morgan fingerprint density at radius 2 is 2.00 bits per heavy atom. The van der Waals surface area contributed by atoms with Crippen LogP contribution in [0.4, 0.5) is 10.8 Å². The van der Waals surface area contributed by atoms with E-state index in [1.54, 1.807) is 0 Å². The minimum atomic E-state index is 0.0475. The van der Waals surface area contributed by atoms with Crippen LogP contribution in [-0.2, 0) is 11.2 Å². The molecule has 0 spiro atoms. The Hall–Kier alpha value is -1.99. The van der Waals surface area contributed by atoms with Crippen molar-refractivity contribution in [2.45, 2.75) is 27.2 Å². The zero-order valence-electron chi connectivity index (χ0n) is 15.1. The summed E-state index contributed by atoms with van der Waals surface area (Å²) in [5, 5.41) is 4.03. The van der Waals surface area contributed by atoms with E-state index < -0.39 is 0 Å². The first kappa shape index (κ1) is 17.8. The highest BCUT2D eigenvalue weighted by atomic mass is 32.1. The summed E-state index contributed by atoms with van der Waals surface area (Å²) in [6.07, 6.45) is 0.870. The maximum Gasteiger partial charge on any atom is 0.238 e. The average molecular weight is 359 g/mol. The van der Waals surface area contributed by atoms with E-state index in [1.807, 2.05) is 19.1 Å². The Balaban J connectivity index is 1.50. The number of anilines is 2. The lowest BCUT2D eigenvalue weighted by atomic mass is 10.1. The van der Waals surface area contributed by atoms with E-state index in [2.05, 4.69) is 44.4 Å². The van der Waals surface area contributed by atoms with Crippen molar-refractivity contribution in [2.24, 2.45) is 0 Å². The summed E-state index contributed by atoms with van der Waals surface area (Å²) in [6, 6.07) is 5.99. The highest BCUT2D eigenvalue weighted by molar-refractivity contribution is 7.09. The third-order valence-corrected chi connectivity index (χ3v) is 5.48. The number of nitrogens with zero attached hydrogens (tertiary/aromatic N) is 4. The zero-order chi connectivity index (χ0) is 17.8. The number of piperazine rings is 1. The molecular weight excluding hydrogens is 334 g/mol. The molecule has 3 rings (SSSR count). The van der Waals surface area contributed by atoms with Gasteiger partial charge in [0.15, 0.2) is 0 Å². The number of nitrogens with one attached hydrogen (secondary N) is 1. The number of benzene rings is 1. The highest BCUT2D eigenvalue weighted by Gasteiger charge is 2.21. The van der Waals surface area contributed by atoms with Crippen LogP contribution < -0.4 is 10.2 Å². The molecule has 0 saturated carbocycles. The molecule has 6 nitrogen and oxygen atoms in total. The third-order valence-electron chi connectivity index (χ3n) is 4.66. The van der Waals surface area contributed by atoms with Crippen molar-refractivity contribution < 1.29 is 4.79 Å². The van der Waals surface area contributed by atoms with Gasteiger partial charge in [-0.15, -0.1) is 0 Å². The van der Waals surface area contributed by atoms with Gasteiger partial charge in [-0.05, 0) is 31.0 Å². The molecule has 0 radical (unpaired) electrons. The van der Waals surface area contributed by atoms with Crippen LogP contribution in [0.3, 0.4) is 0 Å². The van der Waals surface area contributed by atoms with E-state index >= 15 is 0 Å². The molecule has 1 saturated heterocycles. The van der Waals surface area contributed by atoms with Gasteiger partial charge in [0.2, 0.25) is 11.0 Å². The maximum absolute atomic E-state index is 12.4. The predicted octanol–water partition coefficient (Wildman–Crippen LogP) is 2.48. The first-order valence-corrected chi connectivity index (χ1v) is 9.50. The van der Waals surface area contributed by atoms with Gasteiger partial charge in [-0.3, -0.25) is 9.69 Å². The second kappa shape index (κ2) is 7.93. The normalized spacial score (nSPS) is 15.4. The highest BCUT2D eigenvalue weighted by Crippen LogP contribution is 2.20. The Kier molecular flexibility index (Phi) is 5.65. The molecule has 1 fully saturated rings. The Bertz CT molecular complexity index is 737. The first-order valence-electron chi connectivity index (χ1n) is 8.72. The van der Waals surface area contributed by atoms with E-state index in [4.69, 9.17) is 0 Å². The van der Waals surface area contributed by atoms with Crippen LogP contribution in [0.1, 0.15) is 23.9 Å². The minimum Gasteiger partial charge on any atom is -0.344 e. The van der Waals surface area contributed by atoms with Gasteiger partial charge in [0.25, 0.3) is 0 Å². The third kappa shape index (κ3) is 4.35. The standard InChI is InChI=1S/C18H25N5OS/c1-4-16-20-18(25-21-16)23-10-8-22(9-11-23)12-17(24)19-15-7-5-6-13(2)14(15)3/h5-7H,4,8-12H2,1-3H3,(H,19,24). The van der Waals surface area contributed by atoms with E-state index in [-0.39, 0.29) is 5.91 Å². The Morgan fingerprint density at radius 1 is 1.24 bits per heavy atom. The second-order valence-corrected chi connectivity index (χ2v) is 7.14. The van der Waals surface area contributed by atoms with Gasteiger partial charge in [0.1, 0.15) is 5.82 Å². The predicted molar refractivity (Wildman–Crippen MR) is 102 cm³/mol. The number of rotatable bonds is 5. The number of hydrogen-bond acceptors (Lipinski definition) is 6. The van der Waals surface area contributed by atoms with Gasteiger partial charge in [-0.2, -0.15) is 4.37 Å². The zero-order valence-corrected chi connectivity index (χ0v) is 15.9. The van der Waals surface area contributed by atoms with Gasteiger partial charge < -0.3 is 10.2 Å². The lowest BCUT2D eigenvalue weighted by Crippen LogP contribution is -2.48. The van der Waals surface area contributed by atoms with Crippen molar-refractivity contribution in [3.05, 3.63) is 35.2 Å². The molecule has 1 aliphatic heterocycles. The molecule has 1 aromatic heterocycles. The lowest BCUT2D eigenvalue weighted by molar-refractivity contribution is -0.117. The van der Waals surface area contributed by atoms with Gasteiger partial charge >= 0.3 is 0 Å². The number of aromatic nitrogens is 2. The molecule has 0 unspecified atom stereocenters. The van der Waals surface area contributed by atoms with Crippen LogP contribution in [0, 0.1) is 13.8 Å². The molecule has 1 aromatic carbocycles. The van der Waals surface area contributed by atoms with Crippen LogP contribution in [0.25, 0.3) is 0 Å². The van der Waals surface area contributed by atoms with E-state index in [1.165, 1.54) is 17.1 Å². The molecular formula is C18H25N5OS. The molecule has 0 aliphatic carbocycles. The van der Waals surface area contributed by atoms with E-state index in [9.17, 15) is 4.79 Å². The molecule has 1 amide bonds. The van der Waals surface area contributed by atoms with Gasteiger partial charge in [-0.1, -0.05) is 19.1 Å². The first-order chi connectivity index (χ1) is 12.1. The molecule has 0 bridgehead atoms. The average Bonchev–Trinajstić information content (AvgIpc) is 3.09. The lowest BCUT2D eigenvalue weighted by Gasteiger charge is -2.33. The van der Waals surface area contributed by atoms with Crippen LogP contribution in [0.15, 0.2) is 18.2 Å². The number of carbonyl (C=O) groups is 1. The summed E-state index contributed by atoms with van der Waals surface area (Å²) in [5.74, 6) is 0.960. The number of carbonyl (C=O) groups excluding carboxylic acids is 1. The van der Waals surface area contributed by atoms with E-state index in [0.29, 0.717) is 6.54 Å². The molecule has 7 heteroatoms. The number of aryl methyl sites for hydroxylation is 2. The fourth-order valence-electron chi connectivity index (χ4n) is 2.89.